The zero-order valence-corrected chi connectivity index (χ0v) is 9.32. The molecule has 1 aliphatic heterocycles. The molecule has 1 aromatic carbocycles. The molecule has 1 fully saturated rings. The van der Waals surface area contributed by atoms with Crippen LogP contribution in [0.15, 0.2) is 24.3 Å². The molecule has 3 unspecified atom stereocenters. The van der Waals surface area contributed by atoms with Crippen molar-refractivity contribution >= 4 is 0 Å². The van der Waals surface area contributed by atoms with Crippen molar-refractivity contribution in [1.29, 1.82) is 0 Å². The fourth-order valence-corrected chi connectivity index (χ4v) is 2.19. The minimum Gasteiger partial charge on any atom is -0.376 e. The van der Waals surface area contributed by atoms with E-state index in [1.807, 2.05) is 0 Å². The molecule has 3 atom stereocenters. The van der Waals surface area contributed by atoms with E-state index in [2.05, 4.69) is 12.3 Å². The van der Waals surface area contributed by atoms with Crippen LogP contribution < -0.4 is 11.3 Å². The van der Waals surface area contributed by atoms with Gasteiger partial charge in [0.2, 0.25) is 0 Å². The lowest BCUT2D eigenvalue weighted by Gasteiger charge is -2.25. The average molecular weight is 224 g/mol. The average Bonchev–Trinajstić information content (AvgIpc) is 2.69. The molecular weight excluding hydrogens is 207 g/mol. The SMILES string of the molecule is CC1CCOC1C(NN)c1ccc(F)cc1. The summed E-state index contributed by atoms with van der Waals surface area (Å²) in [7, 11) is 0. The monoisotopic (exact) mass is 224 g/mol. The molecule has 4 heteroatoms. The zero-order chi connectivity index (χ0) is 11.5. The largest absolute Gasteiger partial charge is 0.376 e. The quantitative estimate of drug-likeness (QED) is 0.607. The first-order valence-corrected chi connectivity index (χ1v) is 5.55. The predicted octanol–water partition coefficient (Wildman–Crippen LogP) is 1.76. The van der Waals surface area contributed by atoms with Gasteiger partial charge in [-0.3, -0.25) is 11.3 Å². The van der Waals surface area contributed by atoms with Gasteiger partial charge in [0.15, 0.2) is 0 Å². The van der Waals surface area contributed by atoms with E-state index in [9.17, 15) is 4.39 Å². The third-order valence-corrected chi connectivity index (χ3v) is 3.18. The van der Waals surface area contributed by atoms with Crippen molar-refractivity contribution < 1.29 is 9.13 Å². The van der Waals surface area contributed by atoms with E-state index in [4.69, 9.17) is 10.6 Å². The molecule has 0 radical (unpaired) electrons. The maximum Gasteiger partial charge on any atom is 0.123 e. The number of hydrogen-bond donors (Lipinski definition) is 2. The lowest BCUT2D eigenvalue weighted by Crippen LogP contribution is -2.38. The van der Waals surface area contributed by atoms with Gasteiger partial charge in [-0.2, -0.15) is 0 Å². The van der Waals surface area contributed by atoms with Crippen LogP contribution in [0.3, 0.4) is 0 Å². The van der Waals surface area contributed by atoms with E-state index in [1.54, 1.807) is 12.1 Å². The third kappa shape index (κ3) is 2.24. The first kappa shape index (κ1) is 11.5. The molecule has 0 aromatic heterocycles. The summed E-state index contributed by atoms with van der Waals surface area (Å²) in [5, 5.41) is 0. The van der Waals surface area contributed by atoms with E-state index < -0.39 is 0 Å². The van der Waals surface area contributed by atoms with Crippen molar-refractivity contribution in [1.82, 2.24) is 5.43 Å². The number of hydrazine groups is 1. The molecule has 88 valence electrons. The van der Waals surface area contributed by atoms with Crippen LogP contribution in [0.2, 0.25) is 0 Å². The van der Waals surface area contributed by atoms with Crippen molar-refractivity contribution in [3.63, 3.8) is 0 Å². The van der Waals surface area contributed by atoms with Crippen LogP contribution in [0.1, 0.15) is 24.9 Å². The predicted molar refractivity (Wildman–Crippen MR) is 60.0 cm³/mol. The summed E-state index contributed by atoms with van der Waals surface area (Å²) in [5.41, 5.74) is 3.72. The van der Waals surface area contributed by atoms with Gasteiger partial charge in [-0.05, 0) is 30.0 Å². The number of ether oxygens (including phenoxy) is 1. The Morgan fingerprint density at radius 2 is 2.12 bits per heavy atom. The molecule has 2 rings (SSSR count). The Hall–Kier alpha value is -0.970. The van der Waals surface area contributed by atoms with Crippen molar-refractivity contribution in [2.45, 2.75) is 25.5 Å². The molecule has 0 spiro atoms. The van der Waals surface area contributed by atoms with Crippen LogP contribution in [-0.4, -0.2) is 12.7 Å². The summed E-state index contributed by atoms with van der Waals surface area (Å²) in [4.78, 5) is 0. The molecule has 3 nitrogen and oxygen atoms in total. The Kier molecular flexibility index (Phi) is 3.53. The minimum atomic E-state index is -0.236. The highest BCUT2D eigenvalue weighted by Crippen LogP contribution is 2.30. The Morgan fingerprint density at radius 3 is 2.62 bits per heavy atom. The smallest absolute Gasteiger partial charge is 0.123 e. The summed E-state index contributed by atoms with van der Waals surface area (Å²) < 4.78 is 18.5. The summed E-state index contributed by atoms with van der Waals surface area (Å²) in [6.07, 6.45) is 1.11. The lowest BCUT2D eigenvalue weighted by atomic mass is 9.93. The highest BCUT2D eigenvalue weighted by Gasteiger charge is 2.32. The normalized spacial score (nSPS) is 26.9. The number of halogens is 1. The first-order chi connectivity index (χ1) is 7.72. The second-order valence-electron chi connectivity index (χ2n) is 4.30. The van der Waals surface area contributed by atoms with Crippen LogP contribution >= 0.6 is 0 Å². The van der Waals surface area contributed by atoms with Gasteiger partial charge in [-0.25, -0.2) is 4.39 Å². The molecule has 1 aliphatic rings. The van der Waals surface area contributed by atoms with Gasteiger partial charge >= 0.3 is 0 Å². The van der Waals surface area contributed by atoms with E-state index in [1.165, 1.54) is 12.1 Å². The Bertz CT molecular complexity index is 341. The number of nitrogens with one attached hydrogen (secondary N) is 1. The van der Waals surface area contributed by atoms with Gasteiger partial charge < -0.3 is 4.74 Å². The fourth-order valence-electron chi connectivity index (χ4n) is 2.19. The van der Waals surface area contributed by atoms with Crippen LogP contribution in [0.5, 0.6) is 0 Å². The molecule has 1 saturated heterocycles. The van der Waals surface area contributed by atoms with Crippen molar-refractivity contribution in [2.24, 2.45) is 11.8 Å². The molecule has 3 N–H and O–H groups in total. The topological polar surface area (TPSA) is 47.3 Å². The summed E-state index contributed by atoms with van der Waals surface area (Å²) >= 11 is 0. The highest BCUT2D eigenvalue weighted by molar-refractivity contribution is 5.21. The Morgan fingerprint density at radius 1 is 1.44 bits per heavy atom. The molecule has 1 heterocycles. The summed E-state index contributed by atoms with van der Waals surface area (Å²) in [6, 6.07) is 6.30. The second-order valence-corrected chi connectivity index (χ2v) is 4.30. The summed E-state index contributed by atoms with van der Waals surface area (Å²) in [5.74, 6) is 5.79. The standard InChI is InChI=1S/C12H17FN2O/c1-8-6-7-16-12(8)11(15-14)9-2-4-10(13)5-3-9/h2-5,8,11-12,15H,6-7,14H2,1H3. The Balaban J connectivity index is 2.18. The summed E-state index contributed by atoms with van der Waals surface area (Å²) in [6.45, 7) is 2.91. The first-order valence-electron chi connectivity index (χ1n) is 5.55. The van der Waals surface area contributed by atoms with E-state index in [0.29, 0.717) is 5.92 Å². The minimum absolute atomic E-state index is 0.0652. The highest BCUT2D eigenvalue weighted by atomic mass is 19.1. The van der Waals surface area contributed by atoms with Crippen LogP contribution in [0.25, 0.3) is 0 Å². The molecule has 0 saturated carbocycles. The lowest BCUT2D eigenvalue weighted by molar-refractivity contribution is 0.0607. The maximum absolute atomic E-state index is 12.8. The fraction of sp³-hybridized carbons (Fsp3) is 0.500. The van der Waals surface area contributed by atoms with Gasteiger partial charge in [0.25, 0.3) is 0 Å². The van der Waals surface area contributed by atoms with Crippen molar-refractivity contribution in [3.05, 3.63) is 35.6 Å². The Labute approximate surface area is 94.8 Å². The molecule has 1 aromatic rings. The van der Waals surface area contributed by atoms with Crippen molar-refractivity contribution in [3.8, 4) is 0 Å². The van der Waals surface area contributed by atoms with E-state index in [-0.39, 0.29) is 18.0 Å². The van der Waals surface area contributed by atoms with E-state index in [0.717, 1.165) is 18.6 Å². The van der Waals surface area contributed by atoms with Crippen molar-refractivity contribution in [2.75, 3.05) is 6.61 Å². The van der Waals surface area contributed by atoms with Gasteiger partial charge in [0.1, 0.15) is 5.82 Å². The van der Waals surface area contributed by atoms with Gasteiger partial charge in [-0.15, -0.1) is 0 Å². The maximum atomic E-state index is 12.8. The third-order valence-electron chi connectivity index (χ3n) is 3.18. The van der Waals surface area contributed by atoms with Gasteiger partial charge in [0, 0.05) is 6.61 Å². The number of benzene rings is 1. The van der Waals surface area contributed by atoms with Crippen LogP contribution in [-0.2, 0) is 4.74 Å². The van der Waals surface area contributed by atoms with Gasteiger partial charge in [-0.1, -0.05) is 19.1 Å². The molecule has 0 amide bonds. The number of nitrogens with two attached hydrogens (primary N) is 1. The van der Waals surface area contributed by atoms with Crippen LogP contribution in [0, 0.1) is 11.7 Å². The van der Waals surface area contributed by atoms with Crippen LogP contribution in [0.4, 0.5) is 4.39 Å². The second kappa shape index (κ2) is 4.91. The zero-order valence-electron chi connectivity index (χ0n) is 9.32. The molecular formula is C12H17FN2O. The van der Waals surface area contributed by atoms with E-state index >= 15 is 0 Å². The van der Waals surface area contributed by atoms with Gasteiger partial charge in [0.05, 0.1) is 12.1 Å². The molecule has 16 heavy (non-hydrogen) atoms. The number of hydrogen-bond acceptors (Lipinski definition) is 3. The molecule has 0 bridgehead atoms. The number of rotatable bonds is 3. The molecule has 0 aliphatic carbocycles.